The van der Waals surface area contributed by atoms with Gasteiger partial charge in [0.15, 0.2) is 0 Å². The molecule has 2 atom stereocenters. The average Bonchev–Trinajstić information content (AvgIpc) is 3.15. The van der Waals surface area contributed by atoms with Crippen molar-refractivity contribution >= 4 is 31.4 Å². The van der Waals surface area contributed by atoms with E-state index in [0.717, 1.165) is 10.9 Å². The van der Waals surface area contributed by atoms with E-state index in [-0.39, 0.29) is 12.0 Å². The monoisotopic (exact) mass is 415 g/mol. The van der Waals surface area contributed by atoms with Crippen molar-refractivity contribution in [1.82, 2.24) is 0 Å². The number of aliphatic hydroxyl groups excluding tert-OH is 1. The summed E-state index contributed by atoms with van der Waals surface area (Å²) < 4.78 is 7.11. The first-order valence-electron chi connectivity index (χ1n) is 8.97. The zero-order chi connectivity index (χ0) is 18.4. The van der Waals surface area contributed by atoms with Crippen LogP contribution in [-0.2, 0) is 4.74 Å². The van der Waals surface area contributed by atoms with Crippen LogP contribution in [0, 0.1) is 5.92 Å². The molecular formula is C22H25NO2Se. The number of allylic oxidation sites excluding steroid dienone is 1. The van der Waals surface area contributed by atoms with Crippen LogP contribution >= 0.6 is 0 Å². The Balaban J connectivity index is 1.67. The number of aliphatic imine (C=N–C) groups is 1. The molecule has 0 fully saturated rings. The third-order valence-corrected chi connectivity index (χ3v) is 6.47. The molecule has 2 aromatic carbocycles. The third-order valence-electron chi connectivity index (χ3n) is 4.31. The van der Waals surface area contributed by atoms with Crippen LogP contribution in [0.4, 0.5) is 0 Å². The molecule has 3 rings (SSSR count). The Labute approximate surface area is 162 Å². The van der Waals surface area contributed by atoms with Crippen LogP contribution in [0.2, 0.25) is 5.32 Å². The number of rotatable bonds is 7. The number of nitrogens with zero attached hydrogens (tertiary/aromatic N) is 1. The Hall–Kier alpha value is -1.87. The zero-order valence-electron chi connectivity index (χ0n) is 15.2. The molecule has 0 radical (unpaired) electrons. The van der Waals surface area contributed by atoms with Gasteiger partial charge in [-0.15, -0.1) is 0 Å². The number of benzene rings is 2. The summed E-state index contributed by atoms with van der Waals surface area (Å²) in [6.07, 6.45) is 3.94. The predicted octanol–water partition coefficient (Wildman–Crippen LogP) is 3.31. The Morgan fingerprint density at radius 1 is 1.15 bits per heavy atom. The number of aliphatic hydroxyl groups is 1. The number of hydrogen-bond acceptors (Lipinski definition) is 3. The summed E-state index contributed by atoms with van der Waals surface area (Å²) in [5.41, 5.74) is 2.30. The SMILES string of the molecule is CC(C)[C@H](O)[C@@H]1COC(c2ccccc2[Se]C/C=C/c2ccccc2)=N1. The van der Waals surface area contributed by atoms with Crippen LogP contribution in [0.1, 0.15) is 25.0 Å². The molecule has 26 heavy (non-hydrogen) atoms. The molecule has 1 N–H and O–H groups in total. The van der Waals surface area contributed by atoms with Crippen molar-refractivity contribution in [3.05, 3.63) is 71.8 Å². The van der Waals surface area contributed by atoms with Crippen molar-refractivity contribution < 1.29 is 9.84 Å². The Kier molecular flexibility index (Phi) is 6.67. The summed E-state index contributed by atoms with van der Waals surface area (Å²) in [5.74, 6) is 0.855. The average molecular weight is 414 g/mol. The van der Waals surface area contributed by atoms with E-state index in [9.17, 15) is 5.11 Å². The first-order chi connectivity index (χ1) is 12.6. The summed E-state index contributed by atoms with van der Waals surface area (Å²) >= 11 is 0.308. The molecule has 1 heterocycles. The molecule has 4 heteroatoms. The fraction of sp³-hybridized carbons (Fsp3) is 0.318. The van der Waals surface area contributed by atoms with Gasteiger partial charge in [0, 0.05) is 0 Å². The van der Waals surface area contributed by atoms with Gasteiger partial charge in [-0.1, -0.05) is 0 Å². The Morgan fingerprint density at radius 2 is 1.88 bits per heavy atom. The minimum absolute atomic E-state index is 0.163. The second-order valence-electron chi connectivity index (χ2n) is 6.67. The minimum atomic E-state index is -0.459. The molecule has 1 aliphatic heterocycles. The molecule has 0 spiro atoms. The fourth-order valence-electron chi connectivity index (χ4n) is 2.81. The van der Waals surface area contributed by atoms with Crippen LogP contribution in [0.5, 0.6) is 0 Å². The topological polar surface area (TPSA) is 41.8 Å². The van der Waals surface area contributed by atoms with Crippen LogP contribution in [0.25, 0.3) is 6.08 Å². The van der Waals surface area contributed by atoms with E-state index in [4.69, 9.17) is 4.74 Å². The molecule has 3 nitrogen and oxygen atoms in total. The molecule has 2 aromatic rings. The van der Waals surface area contributed by atoms with Crippen molar-refractivity contribution in [2.75, 3.05) is 6.61 Å². The van der Waals surface area contributed by atoms with E-state index in [1.807, 2.05) is 26.0 Å². The summed E-state index contributed by atoms with van der Waals surface area (Å²) in [6.45, 7) is 4.48. The van der Waals surface area contributed by atoms with Crippen LogP contribution < -0.4 is 4.46 Å². The van der Waals surface area contributed by atoms with Gasteiger partial charge < -0.3 is 0 Å². The van der Waals surface area contributed by atoms with Gasteiger partial charge >= 0.3 is 162 Å². The molecular weight excluding hydrogens is 389 g/mol. The van der Waals surface area contributed by atoms with Gasteiger partial charge in [-0.3, -0.25) is 0 Å². The van der Waals surface area contributed by atoms with Crippen molar-refractivity contribution in [3.63, 3.8) is 0 Å². The van der Waals surface area contributed by atoms with E-state index >= 15 is 0 Å². The normalized spacial score (nSPS) is 18.2. The molecule has 0 saturated carbocycles. The zero-order valence-corrected chi connectivity index (χ0v) is 16.9. The van der Waals surface area contributed by atoms with Gasteiger partial charge in [-0.2, -0.15) is 0 Å². The Bertz CT molecular complexity index is 771. The maximum absolute atomic E-state index is 10.2. The predicted molar refractivity (Wildman–Crippen MR) is 109 cm³/mol. The summed E-state index contributed by atoms with van der Waals surface area (Å²) in [6, 6.07) is 18.5. The molecule has 136 valence electrons. The van der Waals surface area contributed by atoms with Gasteiger partial charge in [0.05, 0.1) is 0 Å². The van der Waals surface area contributed by atoms with Gasteiger partial charge in [-0.05, 0) is 0 Å². The molecule has 0 aliphatic carbocycles. The van der Waals surface area contributed by atoms with E-state index in [1.54, 1.807) is 0 Å². The van der Waals surface area contributed by atoms with Gasteiger partial charge in [0.2, 0.25) is 0 Å². The van der Waals surface area contributed by atoms with E-state index in [1.165, 1.54) is 10.0 Å². The van der Waals surface area contributed by atoms with Crippen molar-refractivity contribution in [2.24, 2.45) is 10.9 Å². The van der Waals surface area contributed by atoms with Crippen LogP contribution in [-0.4, -0.2) is 44.7 Å². The molecule has 0 unspecified atom stereocenters. The van der Waals surface area contributed by atoms with Gasteiger partial charge in [0.25, 0.3) is 0 Å². The first kappa shape index (κ1) is 18.9. The van der Waals surface area contributed by atoms with E-state index in [0.29, 0.717) is 27.5 Å². The first-order valence-corrected chi connectivity index (χ1v) is 11.0. The molecule has 0 amide bonds. The summed E-state index contributed by atoms with van der Waals surface area (Å²) in [4.78, 5) is 4.65. The maximum atomic E-state index is 10.2. The van der Waals surface area contributed by atoms with Crippen molar-refractivity contribution in [2.45, 2.75) is 31.3 Å². The number of ether oxygens (including phenoxy) is 1. The Morgan fingerprint density at radius 3 is 2.65 bits per heavy atom. The second kappa shape index (κ2) is 9.18. The summed E-state index contributed by atoms with van der Waals surface area (Å²) in [5, 5.41) is 11.3. The fourth-order valence-corrected chi connectivity index (χ4v) is 4.61. The van der Waals surface area contributed by atoms with E-state index < -0.39 is 6.10 Å². The molecule has 1 aliphatic rings. The van der Waals surface area contributed by atoms with Crippen molar-refractivity contribution in [1.29, 1.82) is 0 Å². The van der Waals surface area contributed by atoms with E-state index in [2.05, 4.69) is 59.6 Å². The molecule has 0 aromatic heterocycles. The quantitative estimate of drug-likeness (QED) is 0.707. The third kappa shape index (κ3) is 4.85. The van der Waals surface area contributed by atoms with Gasteiger partial charge in [-0.25, -0.2) is 0 Å². The second-order valence-corrected chi connectivity index (χ2v) is 8.90. The van der Waals surface area contributed by atoms with Crippen molar-refractivity contribution in [3.8, 4) is 0 Å². The molecule has 0 saturated heterocycles. The summed E-state index contributed by atoms with van der Waals surface area (Å²) in [7, 11) is 0. The van der Waals surface area contributed by atoms with Crippen LogP contribution in [0.15, 0.2) is 65.7 Å². The number of hydrogen-bond donors (Lipinski definition) is 1. The molecule has 0 bridgehead atoms. The standard InChI is InChI=1S/C22H25NO2Se/c1-16(2)21(24)19-15-25-22(23-19)18-12-6-7-13-20(18)26-14-8-11-17-9-4-3-5-10-17/h3-13,16,19,21,24H,14-15H2,1-2H3/b11-8+/t19-,21-/m0/s1. The van der Waals surface area contributed by atoms with Crippen LogP contribution in [0.3, 0.4) is 0 Å². The van der Waals surface area contributed by atoms with Gasteiger partial charge in [0.1, 0.15) is 0 Å².